The molecule has 3 aromatic heterocycles. The molecule has 0 unspecified atom stereocenters. The maximum Gasteiger partial charge on any atom is 0.260 e. The van der Waals surface area contributed by atoms with E-state index in [1.54, 1.807) is 24.5 Å². The molecule has 4 aromatic rings. The minimum atomic E-state index is -0.354. The Morgan fingerprint density at radius 2 is 1.89 bits per heavy atom. The average Bonchev–Trinajstić information content (AvgIpc) is 3.04. The maximum absolute atomic E-state index is 12.6. The molecule has 0 fully saturated rings. The van der Waals surface area contributed by atoms with E-state index < -0.39 is 0 Å². The zero-order valence-electron chi connectivity index (χ0n) is 15.0. The van der Waals surface area contributed by atoms with Crippen LogP contribution >= 0.6 is 22.9 Å². The van der Waals surface area contributed by atoms with Crippen LogP contribution in [-0.4, -0.2) is 15.1 Å². The van der Waals surface area contributed by atoms with Gasteiger partial charge in [-0.15, -0.1) is 11.3 Å². The second-order valence-corrected chi connectivity index (χ2v) is 8.69. The van der Waals surface area contributed by atoms with Gasteiger partial charge >= 0.3 is 0 Å². The number of aromatic hydroxyl groups is 1. The molecule has 4 nitrogen and oxygen atoms in total. The lowest BCUT2D eigenvalue weighted by atomic mass is 9.89. The summed E-state index contributed by atoms with van der Waals surface area (Å²) in [6, 6.07) is 9.90. The maximum atomic E-state index is 12.6. The van der Waals surface area contributed by atoms with E-state index in [1.807, 2.05) is 0 Å². The zero-order valence-corrected chi connectivity index (χ0v) is 16.5. The minimum absolute atomic E-state index is 0.0531. The van der Waals surface area contributed by atoms with Crippen molar-refractivity contribution in [2.75, 3.05) is 0 Å². The lowest BCUT2D eigenvalue weighted by Crippen LogP contribution is -2.08. The third-order valence-corrected chi connectivity index (χ3v) is 6.69. The van der Waals surface area contributed by atoms with Gasteiger partial charge in [0.2, 0.25) is 0 Å². The number of nitrogens with one attached hydrogen (secondary N) is 1. The first-order chi connectivity index (χ1) is 13.6. The van der Waals surface area contributed by atoms with Crippen LogP contribution in [-0.2, 0) is 12.8 Å². The van der Waals surface area contributed by atoms with Crippen LogP contribution in [0.1, 0.15) is 24.0 Å². The Kier molecular flexibility index (Phi) is 4.22. The van der Waals surface area contributed by atoms with Crippen LogP contribution < -0.4 is 5.56 Å². The number of aryl methyl sites for hydroxylation is 2. The van der Waals surface area contributed by atoms with E-state index in [2.05, 4.69) is 28.2 Å². The fraction of sp³-hybridized carbons (Fsp3) is 0.182. The van der Waals surface area contributed by atoms with Crippen LogP contribution in [0.4, 0.5) is 0 Å². The molecule has 0 spiro atoms. The average molecular weight is 409 g/mol. The standard InChI is InChI=1S/C22H17ClN2O2S/c23-20-16(14-8-7-12-4-1-2-5-13(12)10-14)18-19(26)17(15-6-3-9-24-11-15)21(27)25-22(18)28-20/h3,6-11H,1-2,4-5H2,(H2,25,26,27). The quantitative estimate of drug-likeness (QED) is 0.456. The predicted octanol–water partition coefficient (Wildman–Crippen LogP) is 5.56. The van der Waals surface area contributed by atoms with Gasteiger partial charge in [-0.05, 0) is 48.4 Å². The highest BCUT2D eigenvalue weighted by Crippen LogP contribution is 2.47. The smallest absolute Gasteiger partial charge is 0.260 e. The van der Waals surface area contributed by atoms with Gasteiger partial charge in [0.05, 0.1) is 10.9 Å². The van der Waals surface area contributed by atoms with Gasteiger partial charge in [-0.25, -0.2) is 0 Å². The molecule has 0 radical (unpaired) electrons. The van der Waals surface area contributed by atoms with Gasteiger partial charge in [0, 0.05) is 23.5 Å². The lowest BCUT2D eigenvalue weighted by Gasteiger charge is -2.17. The number of pyridine rings is 2. The summed E-state index contributed by atoms with van der Waals surface area (Å²) in [5.41, 5.74) is 4.91. The molecule has 140 valence electrons. The monoisotopic (exact) mass is 408 g/mol. The predicted molar refractivity (Wildman–Crippen MR) is 114 cm³/mol. The zero-order chi connectivity index (χ0) is 19.3. The van der Waals surface area contributed by atoms with Gasteiger partial charge < -0.3 is 10.1 Å². The van der Waals surface area contributed by atoms with Gasteiger partial charge in [0.15, 0.2) is 0 Å². The van der Waals surface area contributed by atoms with Crippen LogP contribution in [0, 0.1) is 0 Å². The number of thiophene rings is 1. The SMILES string of the molecule is O=c1[nH]c2sc(Cl)c(-c3ccc4c(c3)CCCC4)c2c(O)c1-c1cccnc1. The number of hydrogen-bond donors (Lipinski definition) is 2. The first-order valence-corrected chi connectivity index (χ1v) is 10.4. The third kappa shape index (κ3) is 2.74. The molecule has 5 rings (SSSR count). The van der Waals surface area contributed by atoms with Crippen molar-refractivity contribution in [3.63, 3.8) is 0 Å². The van der Waals surface area contributed by atoms with Crippen LogP contribution in [0.2, 0.25) is 4.34 Å². The number of halogens is 1. The van der Waals surface area contributed by atoms with E-state index in [1.165, 1.54) is 35.3 Å². The summed E-state index contributed by atoms with van der Waals surface area (Å²) in [6.07, 6.45) is 7.79. The molecule has 2 N–H and O–H groups in total. The minimum Gasteiger partial charge on any atom is -0.506 e. The number of aromatic amines is 1. The Balaban J connectivity index is 1.79. The molecular formula is C22H17ClN2O2S. The molecule has 28 heavy (non-hydrogen) atoms. The van der Waals surface area contributed by atoms with Gasteiger partial charge in [0.1, 0.15) is 14.9 Å². The number of aromatic nitrogens is 2. The van der Waals surface area contributed by atoms with E-state index in [0.29, 0.717) is 20.1 Å². The normalized spacial score (nSPS) is 13.6. The van der Waals surface area contributed by atoms with Crippen molar-refractivity contribution in [1.29, 1.82) is 0 Å². The summed E-state index contributed by atoms with van der Waals surface area (Å²) in [5, 5.41) is 11.7. The van der Waals surface area contributed by atoms with Gasteiger partial charge in [0.25, 0.3) is 5.56 Å². The van der Waals surface area contributed by atoms with E-state index in [0.717, 1.165) is 24.0 Å². The van der Waals surface area contributed by atoms with E-state index >= 15 is 0 Å². The van der Waals surface area contributed by atoms with Crippen molar-refractivity contribution in [1.82, 2.24) is 9.97 Å². The Bertz CT molecular complexity index is 1260. The molecule has 0 atom stereocenters. The van der Waals surface area contributed by atoms with Crippen LogP contribution in [0.3, 0.4) is 0 Å². The van der Waals surface area contributed by atoms with E-state index in [-0.39, 0.29) is 16.9 Å². The lowest BCUT2D eigenvalue weighted by molar-refractivity contribution is 0.483. The van der Waals surface area contributed by atoms with E-state index in [9.17, 15) is 9.90 Å². The van der Waals surface area contributed by atoms with Crippen molar-refractivity contribution in [2.45, 2.75) is 25.7 Å². The number of rotatable bonds is 2. The van der Waals surface area contributed by atoms with Crippen molar-refractivity contribution in [2.24, 2.45) is 0 Å². The highest BCUT2D eigenvalue weighted by molar-refractivity contribution is 7.23. The number of nitrogens with zero attached hydrogens (tertiary/aromatic N) is 1. The summed E-state index contributed by atoms with van der Waals surface area (Å²) in [5.74, 6) is -0.0531. The molecule has 6 heteroatoms. The van der Waals surface area contributed by atoms with Crippen molar-refractivity contribution < 1.29 is 5.11 Å². The second-order valence-electron chi connectivity index (χ2n) is 7.06. The van der Waals surface area contributed by atoms with Crippen LogP contribution in [0.15, 0.2) is 47.5 Å². The van der Waals surface area contributed by atoms with Crippen molar-refractivity contribution >= 4 is 33.2 Å². The molecule has 0 bridgehead atoms. The topological polar surface area (TPSA) is 66.0 Å². The summed E-state index contributed by atoms with van der Waals surface area (Å²) < 4.78 is 0.556. The first kappa shape index (κ1) is 17.5. The number of fused-ring (bicyclic) bond motifs is 2. The molecule has 0 amide bonds. The third-order valence-electron chi connectivity index (χ3n) is 5.38. The van der Waals surface area contributed by atoms with Crippen LogP contribution in [0.5, 0.6) is 5.75 Å². The fourth-order valence-corrected chi connectivity index (χ4v) is 5.42. The molecular weight excluding hydrogens is 392 g/mol. The van der Waals surface area contributed by atoms with Gasteiger partial charge in [-0.2, -0.15) is 0 Å². The Labute approximate surface area is 170 Å². The molecule has 1 aromatic carbocycles. The largest absolute Gasteiger partial charge is 0.506 e. The number of benzene rings is 1. The molecule has 0 saturated heterocycles. The Morgan fingerprint density at radius 1 is 1.07 bits per heavy atom. The fourth-order valence-electron chi connectivity index (χ4n) is 4.04. The first-order valence-electron chi connectivity index (χ1n) is 9.23. The molecule has 0 aliphatic heterocycles. The highest BCUT2D eigenvalue weighted by atomic mass is 35.5. The highest BCUT2D eigenvalue weighted by Gasteiger charge is 2.22. The molecule has 1 aliphatic carbocycles. The number of hydrogen-bond acceptors (Lipinski definition) is 4. The van der Waals surface area contributed by atoms with Crippen molar-refractivity contribution in [3.8, 4) is 28.0 Å². The summed E-state index contributed by atoms with van der Waals surface area (Å²) >= 11 is 7.86. The van der Waals surface area contributed by atoms with Gasteiger partial charge in [-0.3, -0.25) is 9.78 Å². The summed E-state index contributed by atoms with van der Waals surface area (Å²) in [7, 11) is 0. The second kappa shape index (κ2) is 6.76. The molecule has 0 saturated carbocycles. The summed E-state index contributed by atoms with van der Waals surface area (Å²) in [4.78, 5) is 20.2. The Hall–Kier alpha value is -2.63. The number of H-pyrrole nitrogens is 1. The summed E-state index contributed by atoms with van der Waals surface area (Å²) in [6.45, 7) is 0. The molecule has 1 aliphatic rings. The van der Waals surface area contributed by atoms with Gasteiger partial charge in [-0.1, -0.05) is 35.9 Å². The van der Waals surface area contributed by atoms with Crippen molar-refractivity contribution in [3.05, 3.63) is 68.5 Å². The molecule has 3 heterocycles. The van der Waals surface area contributed by atoms with E-state index in [4.69, 9.17) is 11.6 Å². The van der Waals surface area contributed by atoms with Crippen LogP contribution in [0.25, 0.3) is 32.5 Å². The Morgan fingerprint density at radius 3 is 2.68 bits per heavy atom.